The fourth-order valence-electron chi connectivity index (χ4n) is 1.68. The van der Waals surface area contributed by atoms with E-state index in [1.54, 1.807) is 0 Å². The Morgan fingerprint density at radius 1 is 1.23 bits per heavy atom. The Kier molecular flexibility index (Phi) is 1.10. The first-order valence-electron chi connectivity index (χ1n) is 4.26. The SMILES string of the molecule is Cc1ncc2n1cc1ccccn12. The highest BCUT2D eigenvalue weighted by Crippen LogP contribution is 2.12. The number of nitrogens with zero attached hydrogens (tertiary/aromatic N) is 3. The summed E-state index contributed by atoms with van der Waals surface area (Å²) in [4.78, 5) is 4.25. The van der Waals surface area contributed by atoms with Crippen LogP contribution in [0, 0.1) is 6.92 Å². The highest BCUT2D eigenvalue weighted by Gasteiger charge is 2.03. The predicted octanol–water partition coefficient (Wildman–Crippen LogP) is 1.90. The van der Waals surface area contributed by atoms with Crippen molar-refractivity contribution < 1.29 is 0 Å². The maximum Gasteiger partial charge on any atom is 0.141 e. The van der Waals surface area contributed by atoms with Crippen molar-refractivity contribution in [2.24, 2.45) is 0 Å². The summed E-state index contributed by atoms with van der Waals surface area (Å²) in [6.07, 6.45) is 6.03. The molecule has 0 spiro atoms. The van der Waals surface area contributed by atoms with Crippen LogP contribution in [0.25, 0.3) is 11.2 Å². The van der Waals surface area contributed by atoms with E-state index in [-0.39, 0.29) is 0 Å². The van der Waals surface area contributed by atoms with E-state index in [1.165, 1.54) is 5.52 Å². The van der Waals surface area contributed by atoms with Crippen molar-refractivity contribution in [2.75, 3.05) is 0 Å². The van der Waals surface area contributed by atoms with Crippen LogP contribution in [0.2, 0.25) is 0 Å². The van der Waals surface area contributed by atoms with Crippen LogP contribution in [-0.4, -0.2) is 13.8 Å². The Morgan fingerprint density at radius 2 is 2.15 bits per heavy atom. The van der Waals surface area contributed by atoms with E-state index < -0.39 is 0 Å². The second-order valence-corrected chi connectivity index (χ2v) is 3.16. The molecule has 0 fully saturated rings. The first-order chi connectivity index (χ1) is 6.36. The topological polar surface area (TPSA) is 21.7 Å². The van der Waals surface area contributed by atoms with Crippen LogP contribution in [0.5, 0.6) is 0 Å². The van der Waals surface area contributed by atoms with Gasteiger partial charge >= 0.3 is 0 Å². The molecule has 0 aliphatic carbocycles. The van der Waals surface area contributed by atoms with Gasteiger partial charge in [0.1, 0.15) is 11.5 Å². The van der Waals surface area contributed by atoms with Gasteiger partial charge in [-0.3, -0.25) is 4.40 Å². The number of imidazole rings is 2. The quantitative estimate of drug-likeness (QED) is 0.506. The zero-order valence-corrected chi connectivity index (χ0v) is 7.31. The van der Waals surface area contributed by atoms with Gasteiger partial charge < -0.3 is 4.40 Å². The molecule has 64 valence electrons. The summed E-state index contributed by atoms with van der Waals surface area (Å²) < 4.78 is 4.22. The summed E-state index contributed by atoms with van der Waals surface area (Å²) >= 11 is 0. The standard InChI is InChI=1S/C10H9N3/c1-8-11-6-10-12-5-3-2-4-9(12)7-13(8)10/h2-7H,1H3. The van der Waals surface area contributed by atoms with Crippen LogP contribution in [0.3, 0.4) is 0 Å². The molecule has 0 radical (unpaired) electrons. The molecule has 3 heterocycles. The van der Waals surface area contributed by atoms with Gasteiger partial charge in [0.05, 0.1) is 11.7 Å². The third-order valence-electron chi connectivity index (χ3n) is 2.36. The third-order valence-corrected chi connectivity index (χ3v) is 2.36. The van der Waals surface area contributed by atoms with E-state index in [9.17, 15) is 0 Å². The Hall–Kier alpha value is -1.77. The molecule has 0 atom stereocenters. The molecule has 0 amide bonds. The molecular weight excluding hydrogens is 162 g/mol. The highest BCUT2D eigenvalue weighted by atomic mass is 15.1. The van der Waals surface area contributed by atoms with Crippen molar-refractivity contribution in [2.45, 2.75) is 6.92 Å². The minimum Gasteiger partial charge on any atom is -0.300 e. The van der Waals surface area contributed by atoms with Gasteiger partial charge in [-0.15, -0.1) is 0 Å². The molecule has 0 saturated heterocycles. The number of pyridine rings is 1. The van der Waals surface area contributed by atoms with Crippen LogP contribution < -0.4 is 0 Å². The van der Waals surface area contributed by atoms with Crippen molar-refractivity contribution >= 4 is 11.2 Å². The second-order valence-electron chi connectivity index (χ2n) is 3.16. The highest BCUT2D eigenvalue weighted by molar-refractivity contribution is 5.57. The molecule has 3 aromatic rings. The average molecular weight is 171 g/mol. The number of rotatable bonds is 0. The lowest BCUT2D eigenvalue weighted by molar-refractivity contribution is 1.05. The number of aromatic nitrogens is 3. The lowest BCUT2D eigenvalue weighted by Gasteiger charge is -1.90. The van der Waals surface area contributed by atoms with E-state index in [0.717, 1.165) is 11.5 Å². The van der Waals surface area contributed by atoms with Gasteiger partial charge in [-0.2, -0.15) is 0 Å². The Bertz CT molecular complexity index is 574. The van der Waals surface area contributed by atoms with Crippen LogP contribution >= 0.6 is 0 Å². The molecule has 3 heteroatoms. The molecule has 0 aliphatic rings. The van der Waals surface area contributed by atoms with Crippen molar-refractivity contribution in [1.29, 1.82) is 0 Å². The summed E-state index contributed by atoms with van der Waals surface area (Å²) in [6.45, 7) is 2.01. The normalized spacial score (nSPS) is 11.5. The average Bonchev–Trinajstić information content (AvgIpc) is 2.67. The summed E-state index contributed by atoms with van der Waals surface area (Å²) in [7, 11) is 0. The molecule has 0 saturated carbocycles. The van der Waals surface area contributed by atoms with E-state index in [4.69, 9.17) is 0 Å². The van der Waals surface area contributed by atoms with Gasteiger partial charge in [0.15, 0.2) is 0 Å². The van der Waals surface area contributed by atoms with Gasteiger partial charge in [-0.1, -0.05) is 6.07 Å². The molecule has 0 N–H and O–H groups in total. The molecule has 0 aliphatic heterocycles. The molecule has 3 nitrogen and oxygen atoms in total. The van der Waals surface area contributed by atoms with Gasteiger partial charge in [0, 0.05) is 12.4 Å². The summed E-state index contributed by atoms with van der Waals surface area (Å²) in [5.41, 5.74) is 2.32. The first kappa shape index (κ1) is 6.71. The van der Waals surface area contributed by atoms with Crippen molar-refractivity contribution in [3.05, 3.63) is 42.6 Å². The monoisotopic (exact) mass is 171 g/mol. The van der Waals surface area contributed by atoms with Crippen LogP contribution in [0.4, 0.5) is 0 Å². The largest absolute Gasteiger partial charge is 0.300 e. The van der Waals surface area contributed by atoms with E-state index in [1.807, 2.05) is 31.5 Å². The summed E-state index contributed by atoms with van der Waals surface area (Å²) in [5, 5.41) is 0. The minimum atomic E-state index is 1.03. The first-order valence-corrected chi connectivity index (χ1v) is 4.26. The van der Waals surface area contributed by atoms with Crippen LogP contribution in [0.1, 0.15) is 5.82 Å². The lowest BCUT2D eigenvalue weighted by Crippen LogP contribution is -1.82. The van der Waals surface area contributed by atoms with Crippen LogP contribution in [-0.2, 0) is 0 Å². The fraction of sp³-hybridized carbons (Fsp3) is 0.100. The number of fused-ring (bicyclic) bond motifs is 3. The Labute approximate surface area is 75.3 Å². The summed E-state index contributed by atoms with van der Waals surface area (Å²) in [5.74, 6) is 1.03. The van der Waals surface area contributed by atoms with Gasteiger partial charge in [0.2, 0.25) is 0 Å². The zero-order chi connectivity index (χ0) is 8.84. The van der Waals surface area contributed by atoms with Crippen molar-refractivity contribution in [1.82, 2.24) is 13.8 Å². The maximum absolute atomic E-state index is 4.25. The minimum absolute atomic E-state index is 1.03. The molecule has 3 aromatic heterocycles. The second kappa shape index (κ2) is 2.13. The van der Waals surface area contributed by atoms with E-state index in [2.05, 4.69) is 26.0 Å². The zero-order valence-electron chi connectivity index (χ0n) is 7.31. The molecule has 3 rings (SSSR count). The Balaban J connectivity index is 2.64. The third kappa shape index (κ3) is 0.758. The Morgan fingerprint density at radius 3 is 3.08 bits per heavy atom. The molecule has 0 aromatic carbocycles. The number of hydrogen-bond acceptors (Lipinski definition) is 1. The van der Waals surface area contributed by atoms with Gasteiger partial charge in [-0.05, 0) is 19.1 Å². The van der Waals surface area contributed by atoms with Gasteiger partial charge in [-0.25, -0.2) is 4.98 Å². The maximum atomic E-state index is 4.25. The number of hydrogen-bond donors (Lipinski definition) is 0. The number of aryl methyl sites for hydroxylation is 1. The molecule has 13 heavy (non-hydrogen) atoms. The van der Waals surface area contributed by atoms with Crippen molar-refractivity contribution in [3.63, 3.8) is 0 Å². The lowest BCUT2D eigenvalue weighted by atomic mass is 10.4. The molecule has 0 unspecified atom stereocenters. The fourth-order valence-corrected chi connectivity index (χ4v) is 1.68. The van der Waals surface area contributed by atoms with Crippen molar-refractivity contribution in [3.8, 4) is 0 Å². The smallest absolute Gasteiger partial charge is 0.141 e. The van der Waals surface area contributed by atoms with Crippen LogP contribution in [0.15, 0.2) is 36.8 Å². The molecular formula is C10H9N3. The molecule has 0 bridgehead atoms. The predicted molar refractivity (Wildman–Crippen MR) is 50.9 cm³/mol. The van der Waals surface area contributed by atoms with Gasteiger partial charge in [0.25, 0.3) is 0 Å². The van der Waals surface area contributed by atoms with E-state index >= 15 is 0 Å². The van der Waals surface area contributed by atoms with E-state index in [0.29, 0.717) is 0 Å². The summed E-state index contributed by atoms with van der Waals surface area (Å²) in [6, 6.07) is 6.15.